The zero-order chi connectivity index (χ0) is 7.07. The fourth-order valence-electron chi connectivity index (χ4n) is 0.906. The monoisotopic (exact) mass is 130 g/mol. The van der Waals surface area contributed by atoms with Gasteiger partial charge in [0, 0.05) is 5.41 Å². The highest BCUT2D eigenvalue weighted by atomic mass is 16.5. The number of carboxylic acids is 1. The second-order valence-electron chi connectivity index (χ2n) is 3.02. The summed E-state index contributed by atoms with van der Waals surface area (Å²) in [6, 6.07) is 0. The van der Waals surface area contributed by atoms with Gasteiger partial charge < -0.3 is 9.84 Å². The van der Waals surface area contributed by atoms with Gasteiger partial charge in [0.25, 0.3) is 0 Å². The minimum Gasteiger partial charge on any atom is -0.479 e. The summed E-state index contributed by atoms with van der Waals surface area (Å²) >= 11 is 0. The molecule has 1 N–H and O–H groups in total. The zero-order valence-electron chi connectivity index (χ0n) is 5.55. The van der Waals surface area contributed by atoms with Crippen LogP contribution in [-0.2, 0) is 9.53 Å². The molecule has 0 spiro atoms. The fraction of sp³-hybridized carbons (Fsp3) is 0.833. The van der Waals surface area contributed by atoms with Crippen molar-refractivity contribution in [2.45, 2.75) is 20.0 Å². The first-order valence-corrected chi connectivity index (χ1v) is 2.88. The van der Waals surface area contributed by atoms with Gasteiger partial charge in [0.2, 0.25) is 0 Å². The van der Waals surface area contributed by atoms with Crippen molar-refractivity contribution in [3.63, 3.8) is 0 Å². The van der Waals surface area contributed by atoms with Crippen LogP contribution in [0.4, 0.5) is 0 Å². The molecule has 1 fully saturated rings. The highest BCUT2D eigenvalue weighted by Gasteiger charge is 2.45. The Morgan fingerprint density at radius 1 is 1.78 bits per heavy atom. The summed E-state index contributed by atoms with van der Waals surface area (Å²) in [5.74, 6) is -0.855. The van der Waals surface area contributed by atoms with Crippen molar-refractivity contribution >= 4 is 5.97 Å². The van der Waals surface area contributed by atoms with Gasteiger partial charge in [0.1, 0.15) is 0 Å². The molecule has 1 aliphatic rings. The first-order valence-electron chi connectivity index (χ1n) is 2.88. The van der Waals surface area contributed by atoms with Crippen molar-refractivity contribution < 1.29 is 14.6 Å². The number of hydrogen-bond donors (Lipinski definition) is 1. The lowest BCUT2D eigenvalue weighted by atomic mass is 9.83. The van der Waals surface area contributed by atoms with E-state index in [0.29, 0.717) is 6.61 Å². The molecular formula is C6H10O3. The van der Waals surface area contributed by atoms with Crippen molar-refractivity contribution in [3.05, 3.63) is 0 Å². The Kier molecular flexibility index (Phi) is 1.24. The van der Waals surface area contributed by atoms with Crippen molar-refractivity contribution in [2.75, 3.05) is 6.61 Å². The molecule has 1 saturated heterocycles. The number of carboxylic acid groups (broad SMARTS) is 1. The van der Waals surface area contributed by atoms with Gasteiger partial charge in [0.15, 0.2) is 6.10 Å². The van der Waals surface area contributed by atoms with Crippen LogP contribution in [0.1, 0.15) is 13.8 Å². The van der Waals surface area contributed by atoms with E-state index in [-0.39, 0.29) is 5.41 Å². The second kappa shape index (κ2) is 1.70. The van der Waals surface area contributed by atoms with E-state index in [1.165, 1.54) is 0 Å². The Bertz CT molecular complexity index is 139. The quantitative estimate of drug-likeness (QED) is 0.562. The molecule has 0 radical (unpaired) electrons. The van der Waals surface area contributed by atoms with Gasteiger partial charge in [-0.15, -0.1) is 0 Å². The second-order valence-corrected chi connectivity index (χ2v) is 3.02. The third-order valence-electron chi connectivity index (χ3n) is 1.56. The average Bonchev–Trinajstić information content (AvgIpc) is 1.62. The van der Waals surface area contributed by atoms with E-state index >= 15 is 0 Å². The number of hydrogen-bond acceptors (Lipinski definition) is 2. The molecule has 1 rings (SSSR count). The van der Waals surface area contributed by atoms with Crippen LogP contribution < -0.4 is 0 Å². The Hall–Kier alpha value is -0.570. The number of carbonyl (C=O) groups is 1. The molecular weight excluding hydrogens is 120 g/mol. The van der Waals surface area contributed by atoms with E-state index in [9.17, 15) is 4.79 Å². The summed E-state index contributed by atoms with van der Waals surface area (Å²) in [6.45, 7) is 4.33. The lowest BCUT2D eigenvalue weighted by molar-refractivity contribution is -0.198. The molecule has 3 heteroatoms. The van der Waals surface area contributed by atoms with Crippen LogP contribution in [0.25, 0.3) is 0 Å². The summed E-state index contributed by atoms with van der Waals surface area (Å²) in [5, 5.41) is 8.44. The van der Waals surface area contributed by atoms with E-state index in [1.807, 2.05) is 13.8 Å². The van der Waals surface area contributed by atoms with Crippen LogP contribution in [0.15, 0.2) is 0 Å². The van der Waals surface area contributed by atoms with Gasteiger partial charge in [-0.1, -0.05) is 13.8 Å². The molecule has 0 saturated carbocycles. The van der Waals surface area contributed by atoms with Crippen LogP contribution >= 0.6 is 0 Å². The maximum absolute atomic E-state index is 10.3. The topological polar surface area (TPSA) is 46.5 Å². The average molecular weight is 130 g/mol. The SMILES string of the molecule is CC1(C)COC1C(=O)O. The molecule has 0 aromatic heterocycles. The predicted molar refractivity (Wildman–Crippen MR) is 31.2 cm³/mol. The van der Waals surface area contributed by atoms with Crippen LogP contribution in [-0.4, -0.2) is 23.8 Å². The zero-order valence-corrected chi connectivity index (χ0v) is 5.55. The molecule has 1 heterocycles. The molecule has 0 aliphatic carbocycles. The standard InChI is InChI=1S/C6H10O3/c1-6(2)3-9-4(6)5(7)8/h4H,3H2,1-2H3,(H,7,8). The molecule has 9 heavy (non-hydrogen) atoms. The van der Waals surface area contributed by atoms with Crippen molar-refractivity contribution in [1.29, 1.82) is 0 Å². The minimum absolute atomic E-state index is 0.161. The van der Waals surface area contributed by atoms with Gasteiger partial charge in [-0.3, -0.25) is 0 Å². The normalized spacial score (nSPS) is 31.1. The summed E-state index contributed by atoms with van der Waals surface area (Å²) in [6.07, 6.45) is -0.586. The highest BCUT2D eigenvalue weighted by Crippen LogP contribution is 2.33. The Morgan fingerprint density at radius 2 is 2.33 bits per heavy atom. The molecule has 0 bridgehead atoms. The Morgan fingerprint density at radius 3 is 2.33 bits per heavy atom. The smallest absolute Gasteiger partial charge is 0.333 e. The molecule has 0 aromatic rings. The predicted octanol–water partition coefficient (Wildman–Crippen LogP) is 0.496. The van der Waals surface area contributed by atoms with Crippen molar-refractivity contribution in [1.82, 2.24) is 0 Å². The highest BCUT2D eigenvalue weighted by molar-refractivity contribution is 5.74. The first-order chi connectivity index (χ1) is 4.04. The first kappa shape index (κ1) is 6.55. The van der Waals surface area contributed by atoms with E-state index in [2.05, 4.69) is 0 Å². The van der Waals surface area contributed by atoms with Gasteiger partial charge in [-0.25, -0.2) is 4.79 Å². The minimum atomic E-state index is -0.855. The Labute approximate surface area is 53.6 Å². The summed E-state index contributed by atoms with van der Waals surface area (Å²) in [5.41, 5.74) is -0.161. The maximum Gasteiger partial charge on any atom is 0.333 e. The van der Waals surface area contributed by atoms with Crippen LogP contribution in [0, 0.1) is 5.41 Å². The molecule has 3 nitrogen and oxygen atoms in total. The van der Waals surface area contributed by atoms with Gasteiger partial charge in [0.05, 0.1) is 6.61 Å². The number of rotatable bonds is 1. The molecule has 1 atom stereocenters. The van der Waals surface area contributed by atoms with E-state index in [4.69, 9.17) is 9.84 Å². The summed E-state index contributed by atoms with van der Waals surface area (Å²) < 4.78 is 4.81. The van der Waals surface area contributed by atoms with Crippen LogP contribution in [0.5, 0.6) is 0 Å². The van der Waals surface area contributed by atoms with Gasteiger partial charge in [-0.2, -0.15) is 0 Å². The molecule has 0 amide bonds. The van der Waals surface area contributed by atoms with E-state index in [0.717, 1.165) is 0 Å². The van der Waals surface area contributed by atoms with Crippen LogP contribution in [0.3, 0.4) is 0 Å². The molecule has 0 aromatic carbocycles. The van der Waals surface area contributed by atoms with Gasteiger partial charge >= 0.3 is 5.97 Å². The largest absolute Gasteiger partial charge is 0.479 e. The van der Waals surface area contributed by atoms with Gasteiger partial charge in [-0.05, 0) is 0 Å². The Balaban J connectivity index is 2.55. The molecule has 1 aliphatic heterocycles. The molecule has 52 valence electrons. The fourth-order valence-corrected chi connectivity index (χ4v) is 0.906. The lowest BCUT2D eigenvalue weighted by Crippen LogP contribution is -2.52. The maximum atomic E-state index is 10.3. The van der Waals surface area contributed by atoms with Crippen LogP contribution in [0.2, 0.25) is 0 Å². The van der Waals surface area contributed by atoms with Crippen molar-refractivity contribution in [2.24, 2.45) is 5.41 Å². The summed E-state index contributed by atoms with van der Waals surface area (Å²) in [4.78, 5) is 10.3. The number of ether oxygens (including phenoxy) is 1. The lowest BCUT2D eigenvalue weighted by Gasteiger charge is -2.40. The van der Waals surface area contributed by atoms with E-state index in [1.54, 1.807) is 0 Å². The molecule has 1 unspecified atom stereocenters. The summed E-state index contributed by atoms with van der Waals surface area (Å²) in [7, 11) is 0. The number of aliphatic carboxylic acids is 1. The van der Waals surface area contributed by atoms with Crippen molar-refractivity contribution in [3.8, 4) is 0 Å². The third kappa shape index (κ3) is 0.920. The third-order valence-corrected chi connectivity index (χ3v) is 1.56. The van der Waals surface area contributed by atoms with E-state index < -0.39 is 12.1 Å².